The highest BCUT2D eigenvalue weighted by Crippen LogP contribution is 2.41. The number of benzene rings is 7. The number of aromatic nitrogens is 4. The molecule has 0 bridgehead atoms. The third-order valence-corrected chi connectivity index (χ3v) is 9.56. The Morgan fingerprint density at radius 2 is 1.00 bits per heavy atom. The van der Waals surface area contributed by atoms with E-state index in [1.807, 2.05) is 12.3 Å². The van der Waals surface area contributed by atoms with Crippen LogP contribution < -0.4 is 0 Å². The van der Waals surface area contributed by atoms with Gasteiger partial charge in [0.15, 0.2) is 0 Å². The van der Waals surface area contributed by atoms with E-state index in [0.717, 1.165) is 72.2 Å². The van der Waals surface area contributed by atoms with Gasteiger partial charge in [0.2, 0.25) is 0 Å². The van der Waals surface area contributed by atoms with E-state index in [9.17, 15) is 0 Å². The van der Waals surface area contributed by atoms with Crippen molar-refractivity contribution in [3.05, 3.63) is 170 Å². The average Bonchev–Trinajstić information content (AvgIpc) is 3.73. The van der Waals surface area contributed by atoms with E-state index in [-0.39, 0.29) is 0 Å². The average molecular weight is 613 g/mol. The van der Waals surface area contributed by atoms with Gasteiger partial charge in [0.25, 0.3) is 0 Å². The van der Waals surface area contributed by atoms with Crippen molar-refractivity contribution in [1.29, 1.82) is 0 Å². The van der Waals surface area contributed by atoms with Crippen molar-refractivity contribution in [1.82, 2.24) is 19.1 Å². The van der Waals surface area contributed by atoms with E-state index < -0.39 is 0 Å². The molecule has 0 atom stereocenters. The second kappa shape index (κ2) is 10.5. The SMILES string of the molecule is c1ccc(-c2nc3c4ccccc4c4ccccc4c3n2-c2ccc(-c3cccc4c5ncccc5n(-c5ccccc5)c34)cc2)cc1. The van der Waals surface area contributed by atoms with Crippen LogP contribution in [0.4, 0.5) is 0 Å². The Bertz CT molecular complexity index is 2810. The summed E-state index contributed by atoms with van der Waals surface area (Å²) in [5, 5.41) is 5.94. The molecule has 0 aliphatic heterocycles. The molecule has 7 aromatic carbocycles. The summed E-state index contributed by atoms with van der Waals surface area (Å²) in [7, 11) is 0. The molecular weight excluding hydrogens is 585 g/mol. The maximum Gasteiger partial charge on any atom is 0.145 e. The summed E-state index contributed by atoms with van der Waals surface area (Å²) in [6.07, 6.45) is 1.88. The summed E-state index contributed by atoms with van der Waals surface area (Å²) in [5.41, 5.74) is 11.0. The molecule has 0 aliphatic carbocycles. The summed E-state index contributed by atoms with van der Waals surface area (Å²) < 4.78 is 4.68. The molecule has 224 valence electrons. The minimum atomic E-state index is 0.928. The molecule has 3 heterocycles. The minimum absolute atomic E-state index is 0.928. The molecule has 4 heteroatoms. The van der Waals surface area contributed by atoms with E-state index in [0.29, 0.717) is 0 Å². The van der Waals surface area contributed by atoms with Gasteiger partial charge in [-0.15, -0.1) is 0 Å². The Morgan fingerprint density at radius 3 is 1.77 bits per heavy atom. The van der Waals surface area contributed by atoms with Gasteiger partial charge in [-0.3, -0.25) is 9.55 Å². The molecule has 48 heavy (non-hydrogen) atoms. The van der Waals surface area contributed by atoms with E-state index >= 15 is 0 Å². The van der Waals surface area contributed by atoms with Crippen LogP contribution in [0, 0.1) is 0 Å². The number of rotatable bonds is 4. The summed E-state index contributed by atoms with van der Waals surface area (Å²) >= 11 is 0. The summed E-state index contributed by atoms with van der Waals surface area (Å²) in [6.45, 7) is 0. The fourth-order valence-corrected chi connectivity index (χ4v) is 7.49. The number of para-hydroxylation sites is 2. The Labute approximate surface area is 276 Å². The summed E-state index contributed by atoms with van der Waals surface area (Å²) in [4.78, 5) is 10.2. The zero-order valence-corrected chi connectivity index (χ0v) is 26.0. The van der Waals surface area contributed by atoms with Crippen LogP contribution in [0.5, 0.6) is 0 Å². The first kappa shape index (κ1) is 26.7. The molecular formula is C44H28N4. The Kier molecular flexibility index (Phi) is 5.84. The summed E-state index contributed by atoms with van der Waals surface area (Å²) in [6, 6.07) is 58.1. The number of pyridine rings is 1. The van der Waals surface area contributed by atoms with Crippen molar-refractivity contribution in [2.75, 3.05) is 0 Å². The van der Waals surface area contributed by atoms with Crippen molar-refractivity contribution in [2.45, 2.75) is 0 Å². The molecule has 3 aromatic heterocycles. The van der Waals surface area contributed by atoms with Gasteiger partial charge in [0.05, 0.1) is 27.6 Å². The third-order valence-electron chi connectivity index (χ3n) is 9.56. The van der Waals surface area contributed by atoms with Crippen LogP contribution in [0.1, 0.15) is 0 Å². The third kappa shape index (κ3) is 3.90. The van der Waals surface area contributed by atoms with Gasteiger partial charge in [-0.05, 0) is 52.7 Å². The van der Waals surface area contributed by atoms with Gasteiger partial charge in [0, 0.05) is 44.9 Å². The first-order chi connectivity index (χ1) is 23.8. The molecule has 0 radical (unpaired) electrons. The Morgan fingerprint density at radius 1 is 0.375 bits per heavy atom. The molecule has 10 aromatic rings. The van der Waals surface area contributed by atoms with Crippen LogP contribution in [-0.2, 0) is 0 Å². The van der Waals surface area contributed by atoms with Crippen molar-refractivity contribution < 1.29 is 0 Å². The highest BCUT2D eigenvalue weighted by molar-refractivity contribution is 6.24. The van der Waals surface area contributed by atoms with Crippen LogP contribution in [0.15, 0.2) is 170 Å². The van der Waals surface area contributed by atoms with Crippen LogP contribution >= 0.6 is 0 Å². The highest BCUT2D eigenvalue weighted by Gasteiger charge is 2.21. The Hall–Kier alpha value is -6.52. The molecule has 0 aliphatic rings. The highest BCUT2D eigenvalue weighted by atomic mass is 15.1. The van der Waals surface area contributed by atoms with Crippen LogP contribution in [0.25, 0.3) is 88.4 Å². The van der Waals surface area contributed by atoms with E-state index in [1.54, 1.807) is 0 Å². The second-order valence-electron chi connectivity index (χ2n) is 12.2. The van der Waals surface area contributed by atoms with Crippen molar-refractivity contribution >= 4 is 54.5 Å². The maximum absolute atomic E-state index is 5.38. The van der Waals surface area contributed by atoms with Crippen LogP contribution in [-0.4, -0.2) is 19.1 Å². The lowest BCUT2D eigenvalue weighted by atomic mass is 9.99. The van der Waals surface area contributed by atoms with Gasteiger partial charge in [-0.25, -0.2) is 4.98 Å². The lowest BCUT2D eigenvalue weighted by Gasteiger charge is -2.14. The number of hydrogen-bond acceptors (Lipinski definition) is 2. The number of nitrogens with zero attached hydrogens (tertiary/aromatic N) is 4. The summed E-state index contributed by atoms with van der Waals surface area (Å²) in [5.74, 6) is 0.928. The van der Waals surface area contributed by atoms with Gasteiger partial charge in [-0.1, -0.05) is 127 Å². The minimum Gasteiger partial charge on any atom is -0.307 e. The monoisotopic (exact) mass is 612 g/mol. The van der Waals surface area contributed by atoms with Crippen molar-refractivity contribution in [3.63, 3.8) is 0 Å². The molecule has 0 spiro atoms. The zero-order valence-electron chi connectivity index (χ0n) is 26.0. The molecule has 0 N–H and O–H groups in total. The van der Waals surface area contributed by atoms with E-state index in [2.05, 4.69) is 167 Å². The number of fused-ring (bicyclic) bond motifs is 9. The molecule has 0 saturated carbocycles. The maximum atomic E-state index is 5.38. The largest absolute Gasteiger partial charge is 0.307 e. The number of imidazole rings is 1. The van der Waals surface area contributed by atoms with E-state index in [1.165, 1.54) is 16.2 Å². The predicted molar refractivity (Wildman–Crippen MR) is 199 cm³/mol. The molecule has 0 saturated heterocycles. The van der Waals surface area contributed by atoms with Crippen LogP contribution in [0.3, 0.4) is 0 Å². The molecule has 0 amide bonds. The van der Waals surface area contributed by atoms with Gasteiger partial charge in [0.1, 0.15) is 5.82 Å². The zero-order chi connectivity index (χ0) is 31.6. The molecule has 0 unspecified atom stereocenters. The first-order valence-corrected chi connectivity index (χ1v) is 16.3. The standard InChI is InChI=1S/C44H28N4/c1-3-13-30(14-4-1)44-46-41-36-19-9-7-17-34(36)35-18-8-10-20-37(35)43(41)48(44)32-26-24-29(25-27-32)33-21-11-22-38-40-39(23-12-28-45-40)47(42(33)38)31-15-5-2-6-16-31/h1-28H. The van der Waals surface area contributed by atoms with Crippen molar-refractivity contribution in [2.24, 2.45) is 0 Å². The van der Waals surface area contributed by atoms with Gasteiger partial charge < -0.3 is 4.57 Å². The van der Waals surface area contributed by atoms with E-state index in [4.69, 9.17) is 9.97 Å². The predicted octanol–water partition coefficient (Wildman–Crippen LogP) is 11.2. The Balaban J connectivity index is 1.24. The van der Waals surface area contributed by atoms with Crippen LogP contribution in [0.2, 0.25) is 0 Å². The lowest BCUT2D eigenvalue weighted by Crippen LogP contribution is -1.99. The number of hydrogen-bond donors (Lipinski definition) is 0. The smallest absolute Gasteiger partial charge is 0.145 e. The molecule has 10 rings (SSSR count). The van der Waals surface area contributed by atoms with Crippen molar-refractivity contribution in [3.8, 4) is 33.9 Å². The topological polar surface area (TPSA) is 35.6 Å². The quantitative estimate of drug-likeness (QED) is 0.185. The van der Waals surface area contributed by atoms with Gasteiger partial charge >= 0.3 is 0 Å². The van der Waals surface area contributed by atoms with Gasteiger partial charge in [-0.2, -0.15) is 0 Å². The molecule has 0 fully saturated rings. The fraction of sp³-hybridized carbons (Fsp3) is 0. The first-order valence-electron chi connectivity index (χ1n) is 16.3. The normalized spacial score (nSPS) is 11.8. The molecule has 4 nitrogen and oxygen atoms in total. The fourth-order valence-electron chi connectivity index (χ4n) is 7.49. The lowest BCUT2D eigenvalue weighted by molar-refractivity contribution is 1.11. The second-order valence-corrected chi connectivity index (χ2v) is 12.2.